The predicted molar refractivity (Wildman–Crippen MR) is 145 cm³/mol. The van der Waals surface area contributed by atoms with Gasteiger partial charge in [-0.2, -0.15) is 18.2 Å². The molecule has 1 saturated heterocycles. The summed E-state index contributed by atoms with van der Waals surface area (Å²) in [7, 11) is 0. The fourth-order valence-corrected chi connectivity index (χ4v) is 5.58. The number of likely N-dealkylation sites (tertiary alicyclic amines) is 1. The summed E-state index contributed by atoms with van der Waals surface area (Å²) < 4.78 is 46.5. The van der Waals surface area contributed by atoms with Crippen molar-refractivity contribution in [1.82, 2.24) is 19.9 Å². The van der Waals surface area contributed by atoms with Gasteiger partial charge in [0.05, 0.1) is 16.0 Å². The molecule has 3 heterocycles. The summed E-state index contributed by atoms with van der Waals surface area (Å²) in [6.07, 6.45) is -2.68. The lowest BCUT2D eigenvalue weighted by Gasteiger charge is -2.34. The second kappa shape index (κ2) is 10.9. The van der Waals surface area contributed by atoms with E-state index in [9.17, 15) is 18.0 Å². The van der Waals surface area contributed by atoms with Gasteiger partial charge in [0.1, 0.15) is 11.3 Å². The van der Waals surface area contributed by atoms with Gasteiger partial charge < -0.3 is 15.0 Å². The SMILES string of the molecule is CC(=O)Nc1nc2c(Oc3cc(-c4ccc(C(F)(F)F)cc4)nc(C4CCN(C(C)C)CC4)n3)cccc2s1. The van der Waals surface area contributed by atoms with E-state index in [0.717, 1.165) is 42.8 Å². The van der Waals surface area contributed by atoms with E-state index in [0.29, 0.717) is 39.5 Å². The molecule has 0 aliphatic carbocycles. The second-order valence-corrected chi connectivity index (χ2v) is 10.9. The number of para-hydroxylation sites is 1. The molecule has 204 valence electrons. The van der Waals surface area contributed by atoms with Crippen LogP contribution in [0, 0.1) is 0 Å². The highest BCUT2D eigenvalue weighted by atomic mass is 32.1. The van der Waals surface area contributed by atoms with Crippen LogP contribution in [-0.2, 0) is 11.0 Å². The van der Waals surface area contributed by atoms with Crippen molar-refractivity contribution in [2.45, 2.75) is 51.7 Å². The van der Waals surface area contributed by atoms with E-state index in [2.05, 4.69) is 29.0 Å². The second-order valence-electron chi connectivity index (χ2n) is 9.83. The predicted octanol–water partition coefficient (Wildman–Crippen LogP) is 7.11. The zero-order valence-electron chi connectivity index (χ0n) is 21.7. The Hall–Kier alpha value is -3.57. The number of nitrogens with one attached hydrogen (secondary N) is 1. The van der Waals surface area contributed by atoms with Crippen LogP contribution in [0.4, 0.5) is 18.3 Å². The van der Waals surface area contributed by atoms with Crippen LogP contribution in [0.1, 0.15) is 50.9 Å². The molecule has 0 spiro atoms. The first kappa shape index (κ1) is 27.0. The molecule has 1 fully saturated rings. The van der Waals surface area contributed by atoms with Crippen molar-refractivity contribution in [2.75, 3.05) is 18.4 Å². The molecule has 39 heavy (non-hydrogen) atoms. The van der Waals surface area contributed by atoms with Crippen LogP contribution in [0.2, 0.25) is 0 Å². The third kappa shape index (κ3) is 6.20. The van der Waals surface area contributed by atoms with Gasteiger partial charge in [0.15, 0.2) is 10.9 Å². The molecule has 4 aromatic rings. The number of fused-ring (bicyclic) bond motifs is 1. The number of hydrogen-bond acceptors (Lipinski definition) is 7. The number of benzene rings is 2. The topological polar surface area (TPSA) is 80.2 Å². The van der Waals surface area contributed by atoms with Crippen LogP contribution in [-0.4, -0.2) is 44.9 Å². The molecule has 2 aromatic heterocycles. The van der Waals surface area contributed by atoms with Crippen LogP contribution in [0.15, 0.2) is 48.5 Å². The summed E-state index contributed by atoms with van der Waals surface area (Å²) in [5, 5.41) is 3.16. The van der Waals surface area contributed by atoms with Gasteiger partial charge >= 0.3 is 6.18 Å². The first-order valence-electron chi connectivity index (χ1n) is 12.7. The maximum atomic E-state index is 13.1. The van der Waals surface area contributed by atoms with E-state index in [4.69, 9.17) is 14.7 Å². The van der Waals surface area contributed by atoms with Crippen molar-refractivity contribution in [2.24, 2.45) is 0 Å². The average molecular weight is 556 g/mol. The van der Waals surface area contributed by atoms with Gasteiger partial charge in [-0.05, 0) is 64.0 Å². The molecule has 7 nitrogen and oxygen atoms in total. The Morgan fingerprint density at radius 1 is 1.08 bits per heavy atom. The minimum atomic E-state index is -4.42. The lowest BCUT2D eigenvalue weighted by molar-refractivity contribution is -0.137. The van der Waals surface area contributed by atoms with E-state index in [1.165, 1.54) is 30.4 Å². The van der Waals surface area contributed by atoms with Crippen molar-refractivity contribution >= 4 is 32.6 Å². The Bertz CT molecular complexity index is 1480. The zero-order chi connectivity index (χ0) is 27.7. The van der Waals surface area contributed by atoms with E-state index < -0.39 is 11.7 Å². The highest BCUT2D eigenvalue weighted by Gasteiger charge is 2.30. The molecule has 0 atom stereocenters. The number of hydrogen-bond donors (Lipinski definition) is 1. The molecule has 0 unspecified atom stereocenters. The van der Waals surface area contributed by atoms with Crippen molar-refractivity contribution in [3.05, 3.63) is 59.9 Å². The molecule has 1 N–H and O–H groups in total. The Morgan fingerprint density at radius 2 is 1.79 bits per heavy atom. The third-order valence-corrected chi connectivity index (χ3v) is 7.67. The lowest BCUT2D eigenvalue weighted by Crippen LogP contribution is -2.38. The van der Waals surface area contributed by atoms with E-state index >= 15 is 0 Å². The van der Waals surface area contributed by atoms with Crippen LogP contribution in [0.25, 0.3) is 21.5 Å². The quantitative estimate of drug-likeness (QED) is 0.273. The van der Waals surface area contributed by atoms with E-state index in [-0.39, 0.29) is 17.7 Å². The van der Waals surface area contributed by atoms with Crippen LogP contribution >= 0.6 is 11.3 Å². The number of carbonyl (C=O) groups is 1. The summed E-state index contributed by atoms with van der Waals surface area (Å²) in [6.45, 7) is 7.59. The summed E-state index contributed by atoms with van der Waals surface area (Å²) in [4.78, 5) is 27.9. The van der Waals surface area contributed by atoms with Gasteiger partial charge in [0.25, 0.3) is 0 Å². The molecule has 5 rings (SSSR count). The van der Waals surface area contributed by atoms with Crippen molar-refractivity contribution < 1.29 is 22.7 Å². The Labute approximate surface area is 228 Å². The molecular formula is C28H28F3N5O2S. The maximum absolute atomic E-state index is 13.1. The molecule has 1 aliphatic rings. The normalized spacial score (nSPS) is 15.2. The number of piperidine rings is 1. The highest BCUT2D eigenvalue weighted by molar-refractivity contribution is 7.22. The number of thiazole rings is 1. The third-order valence-electron chi connectivity index (χ3n) is 6.73. The molecular weight excluding hydrogens is 527 g/mol. The largest absolute Gasteiger partial charge is 0.437 e. The smallest absolute Gasteiger partial charge is 0.416 e. The van der Waals surface area contributed by atoms with Gasteiger partial charge in [-0.1, -0.05) is 29.5 Å². The Balaban J connectivity index is 1.51. The van der Waals surface area contributed by atoms with Gasteiger partial charge in [-0.3, -0.25) is 4.79 Å². The van der Waals surface area contributed by atoms with Gasteiger partial charge in [-0.15, -0.1) is 0 Å². The molecule has 2 aromatic carbocycles. The summed E-state index contributed by atoms with van der Waals surface area (Å²) in [5.74, 6) is 1.22. The van der Waals surface area contributed by atoms with E-state index in [1.807, 2.05) is 12.1 Å². The monoisotopic (exact) mass is 555 g/mol. The number of carbonyl (C=O) groups excluding carboxylic acids is 1. The van der Waals surface area contributed by atoms with Crippen LogP contribution in [0.3, 0.4) is 0 Å². The first-order valence-corrected chi connectivity index (χ1v) is 13.5. The fraction of sp³-hybridized carbons (Fsp3) is 0.357. The number of ether oxygens (including phenoxy) is 1. The maximum Gasteiger partial charge on any atom is 0.416 e. The summed E-state index contributed by atoms with van der Waals surface area (Å²) >= 11 is 1.33. The van der Waals surface area contributed by atoms with Crippen molar-refractivity contribution in [3.63, 3.8) is 0 Å². The molecule has 1 amide bonds. The number of anilines is 1. The zero-order valence-corrected chi connectivity index (χ0v) is 22.6. The Morgan fingerprint density at radius 3 is 2.44 bits per heavy atom. The molecule has 1 aliphatic heterocycles. The highest BCUT2D eigenvalue weighted by Crippen LogP contribution is 2.37. The minimum absolute atomic E-state index is 0.0955. The number of alkyl halides is 3. The van der Waals surface area contributed by atoms with Crippen LogP contribution < -0.4 is 10.1 Å². The average Bonchev–Trinajstić information content (AvgIpc) is 3.31. The number of nitrogens with zero attached hydrogens (tertiary/aromatic N) is 4. The Kier molecular flexibility index (Phi) is 7.55. The number of halogens is 3. The summed E-state index contributed by atoms with van der Waals surface area (Å²) in [5.41, 5.74) is 0.881. The molecule has 0 bridgehead atoms. The van der Waals surface area contributed by atoms with Crippen molar-refractivity contribution in [1.29, 1.82) is 0 Å². The first-order chi connectivity index (χ1) is 18.6. The number of aromatic nitrogens is 3. The van der Waals surface area contributed by atoms with Crippen LogP contribution in [0.5, 0.6) is 11.6 Å². The van der Waals surface area contributed by atoms with E-state index in [1.54, 1.807) is 12.1 Å². The summed E-state index contributed by atoms with van der Waals surface area (Å²) in [6, 6.07) is 12.5. The van der Waals surface area contributed by atoms with Gasteiger partial charge in [0, 0.05) is 30.5 Å². The number of amides is 1. The fourth-order valence-electron chi connectivity index (χ4n) is 4.65. The minimum Gasteiger partial charge on any atom is -0.437 e. The molecule has 0 radical (unpaired) electrons. The lowest BCUT2D eigenvalue weighted by atomic mass is 9.95. The standard InChI is InChI=1S/C28H28F3N5O2S/c1-16(2)36-13-11-19(12-14-36)26-33-21(18-7-9-20(10-8-18)28(29,30)31)15-24(34-26)38-22-5-4-6-23-25(22)35-27(39-23)32-17(3)37/h4-10,15-16,19H,11-14H2,1-3H3,(H,32,35,37). The number of rotatable bonds is 6. The van der Waals surface area contributed by atoms with Crippen molar-refractivity contribution in [3.8, 4) is 22.9 Å². The molecule has 11 heteroatoms. The van der Waals surface area contributed by atoms with Gasteiger partial charge in [0.2, 0.25) is 11.8 Å². The molecule has 0 saturated carbocycles. The van der Waals surface area contributed by atoms with Gasteiger partial charge in [-0.25, -0.2) is 9.97 Å².